The van der Waals surface area contributed by atoms with E-state index in [0.29, 0.717) is 33.7 Å². The Kier molecular flexibility index (Phi) is 7.81. The van der Waals surface area contributed by atoms with Crippen LogP contribution >= 0.6 is 39.1 Å². The molecule has 3 rings (SSSR count). The van der Waals surface area contributed by atoms with Crippen molar-refractivity contribution in [2.45, 2.75) is 13.5 Å². The lowest BCUT2D eigenvalue weighted by Crippen LogP contribution is -2.00. The lowest BCUT2D eigenvalue weighted by atomic mass is 10.0. The highest BCUT2D eigenvalue weighted by molar-refractivity contribution is 9.10. The molecule has 0 aliphatic heterocycles. The van der Waals surface area contributed by atoms with E-state index in [1.807, 2.05) is 61.5 Å². The minimum absolute atomic E-state index is 0.285. The van der Waals surface area contributed by atoms with Gasteiger partial charge in [0.15, 0.2) is 11.5 Å². The van der Waals surface area contributed by atoms with Gasteiger partial charge in [-0.1, -0.05) is 63.4 Å². The minimum Gasteiger partial charge on any atom is -0.490 e. The van der Waals surface area contributed by atoms with Gasteiger partial charge in [-0.2, -0.15) is 5.26 Å². The lowest BCUT2D eigenvalue weighted by Gasteiger charge is -2.13. The summed E-state index contributed by atoms with van der Waals surface area (Å²) in [5.41, 5.74) is 3.08. The first kappa shape index (κ1) is 22.2. The quantitative estimate of drug-likeness (QED) is 0.244. The predicted octanol–water partition coefficient (Wildman–Crippen LogP) is 7.80. The van der Waals surface area contributed by atoms with Crippen LogP contribution in [0.5, 0.6) is 11.5 Å². The lowest BCUT2D eigenvalue weighted by molar-refractivity contribution is 0.269. The fourth-order valence-electron chi connectivity index (χ4n) is 2.77. The van der Waals surface area contributed by atoms with E-state index in [0.717, 1.165) is 21.2 Å². The van der Waals surface area contributed by atoms with Crippen LogP contribution in [0.2, 0.25) is 10.0 Å². The molecule has 0 aromatic heterocycles. The average Bonchev–Trinajstić information content (AvgIpc) is 2.73. The molecule has 152 valence electrons. The van der Waals surface area contributed by atoms with Crippen LogP contribution in [0.15, 0.2) is 65.1 Å². The van der Waals surface area contributed by atoms with Gasteiger partial charge in [-0.25, -0.2) is 0 Å². The molecular formula is C24H18BrCl2NO2. The van der Waals surface area contributed by atoms with Crippen molar-refractivity contribution in [3.05, 3.63) is 91.9 Å². The summed E-state index contributed by atoms with van der Waals surface area (Å²) in [5.74, 6) is 1.20. The Morgan fingerprint density at radius 2 is 1.77 bits per heavy atom. The summed E-state index contributed by atoms with van der Waals surface area (Å²) in [4.78, 5) is 0. The monoisotopic (exact) mass is 501 g/mol. The summed E-state index contributed by atoms with van der Waals surface area (Å²) in [5, 5.41) is 10.7. The normalized spacial score (nSPS) is 11.1. The largest absolute Gasteiger partial charge is 0.490 e. The highest BCUT2D eigenvalue weighted by Crippen LogP contribution is 2.32. The average molecular weight is 503 g/mol. The first-order valence-electron chi connectivity index (χ1n) is 9.21. The maximum absolute atomic E-state index is 9.59. The number of rotatable bonds is 7. The highest BCUT2D eigenvalue weighted by atomic mass is 79.9. The summed E-state index contributed by atoms with van der Waals surface area (Å²) in [6.45, 7) is 2.68. The molecule has 3 nitrogen and oxygen atoms in total. The molecule has 3 aromatic rings. The maximum Gasteiger partial charge on any atom is 0.161 e. The van der Waals surface area contributed by atoms with Crippen LogP contribution in [0, 0.1) is 11.3 Å². The van der Waals surface area contributed by atoms with Gasteiger partial charge in [-0.05, 0) is 60.5 Å². The second kappa shape index (κ2) is 10.5. The molecule has 3 aromatic carbocycles. The maximum atomic E-state index is 9.59. The minimum atomic E-state index is 0.285. The first-order chi connectivity index (χ1) is 14.5. The smallest absolute Gasteiger partial charge is 0.161 e. The molecule has 6 heteroatoms. The molecule has 0 amide bonds. The van der Waals surface area contributed by atoms with Crippen LogP contribution in [0.3, 0.4) is 0 Å². The fourth-order valence-corrected chi connectivity index (χ4v) is 3.50. The molecule has 0 unspecified atom stereocenters. The van der Waals surface area contributed by atoms with Crippen molar-refractivity contribution in [3.63, 3.8) is 0 Å². The zero-order chi connectivity index (χ0) is 21.5. The van der Waals surface area contributed by atoms with Gasteiger partial charge in [0.2, 0.25) is 0 Å². The van der Waals surface area contributed by atoms with Crippen LogP contribution in [0.4, 0.5) is 0 Å². The number of halogens is 3. The third kappa shape index (κ3) is 5.79. The second-order valence-electron chi connectivity index (χ2n) is 6.34. The predicted molar refractivity (Wildman–Crippen MR) is 126 cm³/mol. The third-order valence-corrected chi connectivity index (χ3v) is 5.37. The van der Waals surface area contributed by atoms with E-state index < -0.39 is 0 Å². The summed E-state index contributed by atoms with van der Waals surface area (Å²) in [7, 11) is 0. The number of nitrogens with zero attached hydrogens (tertiary/aromatic N) is 1. The van der Waals surface area contributed by atoms with E-state index in [-0.39, 0.29) is 6.61 Å². The molecule has 0 spiro atoms. The van der Waals surface area contributed by atoms with Crippen LogP contribution in [0.1, 0.15) is 23.6 Å². The second-order valence-corrected chi connectivity index (χ2v) is 8.10. The fraction of sp³-hybridized carbons (Fsp3) is 0.125. The molecule has 30 heavy (non-hydrogen) atoms. The molecule has 0 saturated carbocycles. The molecule has 0 fully saturated rings. The molecule has 0 atom stereocenters. The number of nitriles is 1. The molecule has 0 N–H and O–H groups in total. The van der Waals surface area contributed by atoms with E-state index in [1.165, 1.54) is 0 Å². The zero-order valence-electron chi connectivity index (χ0n) is 16.2. The Balaban J connectivity index is 1.85. The molecule has 0 radical (unpaired) electrons. The Hall–Kier alpha value is -2.45. The van der Waals surface area contributed by atoms with Gasteiger partial charge >= 0.3 is 0 Å². The summed E-state index contributed by atoms with van der Waals surface area (Å²) < 4.78 is 12.7. The molecule has 0 aliphatic carbocycles. The van der Waals surface area contributed by atoms with Crippen molar-refractivity contribution in [1.29, 1.82) is 5.26 Å². The standard InChI is InChI=1S/C24H18BrCl2NO2/c1-2-29-24-12-16(11-19(14-28)17-4-7-20(25)8-5-17)3-10-23(24)30-15-18-6-9-21(26)13-22(18)27/h3-13H,2,15H2,1H3/b19-11-. The van der Waals surface area contributed by atoms with Gasteiger partial charge in [0.05, 0.1) is 18.2 Å². The SMILES string of the molecule is CCOc1cc(/C=C(/C#N)c2ccc(Br)cc2)ccc1OCc1ccc(Cl)cc1Cl. The number of benzene rings is 3. The summed E-state index contributed by atoms with van der Waals surface area (Å²) in [6, 6.07) is 20.7. The van der Waals surface area contributed by atoms with E-state index in [1.54, 1.807) is 12.1 Å². The van der Waals surface area contributed by atoms with Crippen molar-refractivity contribution >= 4 is 50.8 Å². The Morgan fingerprint density at radius 1 is 1.00 bits per heavy atom. The number of hydrogen-bond donors (Lipinski definition) is 0. The van der Waals surface area contributed by atoms with E-state index >= 15 is 0 Å². The summed E-state index contributed by atoms with van der Waals surface area (Å²) >= 11 is 15.6. The summed E-state index contributed by atoms with van der Waals surface area (Å²) in [6.07, 6.45) is 1.83. The van der Waals surface area contributed by atoms with Crippen LogP contribution in [0.25, 0.3) is 11.6 Å². The number of ether oxygens (including phenoxy) is 2. The van der Waals surface area contributed by atoms with Crippen LogP contribution in [-0.2, 0) is 6.61 Å². The van der Waals surface area contributed by atoms with Gasteiger partial charge in [-0.3, -0.25) is 0 Å². The van der Waals surface area contributed by atoms with Gasteiger partial charge in [0.25, 0.3) is 0 Å². The molecule has 0 bridgehead atoms. The molecular weight excluding hydrogens is 485 g/mol. The molecule has 0 saturated heterocycles. The Morgan fingerprint density at radius 3 is 2.43 bits per heavy atom. The van der Waals surface area contributed by atoms with Crippen LogP contribution in [-0.4, -0.2) is 6.61 Å². The first-order valence-corrected chi connectivity index (χ1v) is 10.8. The van der Waals surface area contributed by atoms with Gasteiger partial charge in [0.1, 0.15) is 6.61 Å². The third-order valence-electron chi connectivity index (χ3n) is 4.25. The van der Waals surface area contributed by atoms with E-state index in [4.69, 9.17) is 32.7 Å². The van der Waals surface area contributed by atoms with Crippen molar-refractivity contribution in [2.75, 3.05) is 6.61 Å². The van der Waals surface area contributed by atoms with Crippen molar-refractivity contribution < 1.29 is 9.47 Å². The Bertz CT molecular complexity index is 1110. The van der Waals surface area contributed by atoms with Crippen molar-refractivity contribution in [1.82, 2.24) is 0 Å². The van der Waals surface area contributed by atoms with Gasteiger partial charge in [0, 0.05) is 20.1 Å². The topological polar surface area (TPSA) is 42.2 Å². The highest BCUT2D eigenvalue weighted by Gasteiger charge is 2.09. The van der Waals surface area contributed by atoms with Crippen LogP contribution < -0.4 is 9.47 Å². The Labute approximate surface area is 194 Å². The number of allylic oxidation sites excluding steroid dienone is 1. The van der Waals surface area contributed by atoms with Gasteiger partial charge < -0.3 is 9.47 Å². The van der Waals surface area contributed by atoms with E-state index in [2.05, 4.69) is 22.0 Å². The molecule has 0 heterocycles. The van der Waals surface area contributed by atoms with E-state index in [9.17, 15) is 5.26 Å². The number of hydrogen-bond acceptors (Lipinski definition) is 3. The zero-order valence-corrected chi connectivity index (χ0v) is 19.3. The van der Waals surface area contributed by atoms with Crippen molar-refractivity contribution in [2.24, 2.45) is 0 Å². The van der Waals surface area contributed by atoms with Gasteiger partial charge in [-0.15, -0.1) is 0 Å². The molecule has 0 aliphatic rings. The van der Waals surface area contributed by atoms with Crippen molar-refractivity contribution in [3.8, 4) is 17.6 Å².